The van der Waals surface area contributed by atoms with Gasteiger partial charge in [-0.3, -0.25) is 4.79 Å². The minimum Gasteiger partial charge on any atom is -0.355 e. The van der Waals surface area contributed by atoms with Crippen molar-refractivity contribution < 1.29 is 13.2 Å². The average Bonchev–Trinajstić information content (AvgIpc) is 2.72. The number of nitrogens with zero attached hydrogens (tertiary/aromatic N) is 1. The van der Waals surface area contributed by atoms with Gasteiger partial charge in [-0.2, -0.15) is 4.31 Å². The summed E-state index contributed by atoms with van der Waals surface area (Å²) in [6, 6.07) is 16.1. The fourth-order valence-corrected chi connectivity index (χ4v) is 5.57. The summed E-state index contributed by atoms with van der Waals surface area (Å²) in [6.45, 7) is 1.19. The normalized spacial score (nSPS) is 18.0. The van der Waals surface area contributed by atoms with E-state index in [1.165, 1.54) is 16.4 Å². The topological polar surface area (TPSA) is 66.5 Å². The van der Waals surface area contributed by atoms with Crippen LogP contribution in [-0.2, 0) is 14.8 Å². The third-order valence-electron chi connectivity index (χ3n) is 4.62. The first kappa shape index (κ1) is 21.2. The van der Waals surface area contributed by atoms with Gasteiger partial charge in [-0.05, 0) is 49.2 Å². The molecule has 0 bridgehead atoms. The van der Waals surface area contributed by atoms with Crippen LogP contribution in [0.2, 0.25) is 5.02 Å². The maximum absolute atomic E-state index is 12.8. The van der Waals surface area contributed by atoms with Crippen molar-refractivity contribution in [2.24, 2.45) is 5.92 Å². The van der Waals surface area contributed by atoms with Gasteiger partial charge in [-0.1, -0.05) is 29.8 Å². The van der Waals surface area contributed by atoms with Crippen molar-refractivity contribution in [3.8, 4) is 0 Å². The molecule has 2 aromatic rings. The Bertz CT molecular complexity index is 889. The molecule has 1 fully saturated rings. The zero-order valence-corrected chi connectivity index (χ0v) is 17.8. The largest absolute Gasteiger partial charge is 0.355 e. The Morgan fingerprint density at radius 2 is 1.86 bits per heavy atom. The monoisotopic (exact) mass is 438 g/mol. The summed E-state index contributed by atoms with van der Waals surface area (Å²) in [5.41, 5.74) is 0. The number of benzene rings is 2. The Hall–Kier alpha value is -1.54. The first-order chi connectivity index (χ1) is 13.5. The number of rotatable bonds is 7. The molecule has 1 aliphatic rings. The number of carbonyl (C=O) groups excluding carboxylic acids is 1. The van der Waals surface area contributed by atoms with Gasteiger partial charge in [0.2, 0.25) is 15.9 Å². The molecule has 1 amide bonds. The van der Waals surface area contributed by atoms with Gasteiger partial charge in [0.15, 0.2) is 0 Å². The van der Waals surface area contributed by atoms with E-state index in [9.17, 15) is 13.2 Å². The van der Waals surface area contributed by atoms with Crippen molar-refractivity contribution in [2.45, 2.75) is 22.6 Å². The maximum Gasteiger partial charge on any atom is 0.243 e. The van der Waals surface area contributed by atoms with Crippen LogP contribution in [-0.4, -0.2) is 44.0 Å². The van der Waals surface area contributed by atoms with E-state index in [2.05, 4.69) is 5.32 Å². The minimum absolute atomic E-state index is 0.0790. The number of halogens is 1. The van der Waals surface area contributed by atoms with Crippen molar-refractivity contribution in [3.05, 3.63) is 59.6 Å². The van der Waals surface area contributed by atoms with Crippen LogP contribution in [0.5, 0.6) is 0 Å². The lowest BCUT2D eigenvalue weighted by molar-refractivity contribution is -0.125. The third kappa shape index (κ3) is 5.50. The summed E-state index contributed by atoms with van der Waals surface area (Å²) in [4.78, 5) is 13.9. The van der Waals surface area contributed by atoms with E-state index in [4.69, 9.17) is 11.6 Å². The molecule has 1 aliphatic heterocycles. The molecule has 0 spiro atoms. The Morgan fingerprint density at radius 1 is 1.14 bits per heavy atom. The lowest BCUT2D eigenvalue weighted by Crippen LogP contribution is -2.45. The van der Waals surface area contributed by atoms with E-state index in [1.807, 2.05) is 30.3 Å². The van der Waals surface area contributed by atoms with E-state index in [1.54, 1.807) is 23.9 Å². The summed E-state index contributed by atoms with van der Waals surface area (Å²) < 4.78 is 27.1. The van der Waals surface area contributed by atoms with Crippen LogP contribution in [0.4, 0.5) is 0 Å². The number of piperidine rings is 1. The second-order valence-electron chi connectivity index (χ2n) is 6.61. The van der Waals surface area contributed by atoms with Crippen LogP contribution in [0.25, 0.3) is 0 Å². The number of thioether (sulfide) groups is 1. The summed E-state index contributed by atoms with van der Waals surface area (Å²) in [5.74, 6) is 0.372. The molecule has 2 aromatic carbocycles. The maximum atomic E-state index is 12.8. The Morgan fingerprint density at radius 3 is 2.57 bits per heavy atom. The fraction of sp³-hybridized carbons (Fsp3) is 0.350. The lowest BCUT2D eigenvalue weighted by Gasteiger charge is -2.31. The van der Waals surface area contributed by atoms with E-state index in [0.717, 1.165) is 10.6 Å². The minimum atomic E-state index is -3.62. The molecule has 3 rings (SSSR count). The van der Waals surface area contributed by atoms with Gasteiger partial charge >= 0.3 is 0 Å². The predicted octanol–water partition coefficient (Wildman–Crippen LogP) is 3.65. The summed E-state index contributed by atoms with van der Waals surface area (Å²) in [5, 5.41) is 3.43. The van der Waals surface area contributed by atoms with Gasteiger partial charge in [0, 0.05) is 35.3 Å². The Kier molecular flexibility index (Phi) is 7.40. The fourth-order valence-electron chi connectivity index (χ4n) is 3.13. The van der Waals surface area contributed by atoms with Gasteiger partial charge in [0.25, 0.3) is 0 Å². The molecule has 1 atom stereocenters. The van der Waals surface area contributed by atoms with E-state index in [-0.39, 0.29) is 23.3 Å². The molecule has 0 saturated carbocycles. The van der Waals surface area contributed by atoms with E-state index >= 15 is 0 Å². The molecule has 1 heterocycles. The van der Waals surface area contributed by atoms with Gasteiger partial charge in [-0.15, -0.1) is 11.8 Å². The quantitative estimate of drug-likeness (QED) is 0.529. The molecule has 1 saturated heterocycles. The smallest absolute Gasteiger partial charge is 0.243 e. The zero-order chi connectivity index (χ0) is 20.0. The number of hydrogen-bond acceptors (Lipinski definition) is 4. The Balaban J connectivity index is 1.52. The standard InChI is InChI=1S/C20H23ClN2O3S2/c21-17-8-10-19(11-9-17)28(25,26)23-13-4-5-16(15-23)20(24)22-12-14-27-18-6-2-1-3-7-18/h1-3,6-11,16H,4-5,12-15H2,(H,22,24)/t16-/m0/s1. The van der Waals surface area contributed by atoms with Crippen LogP contribution in [0.3, 0.4) is 0 Å². The highest BCUT2D eigenvalue weighted by Crippen LogP contribution is 2.25. The van der Waals surface area contributed by atoms with Crippen LogP contribution in [0.1, 0.15) is 12.8 Å². The molecular formula is C20H23ClN2O3S2. The number of carbonyl (C=O) groups is 1. The zero-order valence-electron chi connectivity index (χ0n) is 15.4. The molecule has 5 nitrogen and oxygen atoms in total. The van der Waals surface area contributed by atoms with Gasteiger partial charge < -0.3 is 5.32 Å². The highest BCUT2D eigenvalue weighted by atomic mass is 35.5. The number of nitrogens with one attached hydrogen (secondary N) is 1. The molecule has 1 N–H and O–H groups in total. The molecule has 0 aromatic heterocycles. The average molecular weight is 439 g/mol. The summed E-state index contributed by atoms with van der Waals surface area (Å²) in [6.07, 6.45) is 1.37. The number of amides is 1. The van der Waals surface area contributed by atoms with E-state index < -0.39 is 10.0 Å². The Labute approximate surface area is 175 Å². The van der Waals surface area contributed by atoms with Crippen molar-refractivity contribution in [1.82, 2.24) is 9.62 Å². The molecule has 0 aliphatic carbocycles. The van der Waals surface area contributed by atoms with Crippen molar-refractivity contribution >= 4 is 39.3 Å². The molecule has 8 heteroatoms. The molecule has 28 heavy (non-hydrogen) atoms. The summed E-state index contributed by atoms with van der Waals surface area (Å²) >= 11 is 7.53. The van der Waals surface area contributed by atoms with Crippen LogP contribution in [0, 0.1) is 5.92 Å². The van der Waals surface area contributed by atoms with Crippen molar-refractivity contribution in [1.29, 1.82) is 0 Å². The predicted molar refractivity (Wildman–Crippen MR) is 113 cm³/mol. The molecule has 0 radical (unpaired) electrons. The second kappa shape index (κ2) is 9.78. The third-order valence-corrected chi connectivity index (χ3v) is 7.76. The number of hydrogen-bond donors (Lipinski definition) is 1. The van der Waals surface area contributed by atoms with Crippen LogP contribution < -0.4 is 5.32 Å². The molecule has 150 valence electrons. The summed E-state index contributed by atoms with van der Waals surface area (Å²) in [7, 11) is -3.62. The van der Waals surface area contributed by atoms with Crippen molar-refractivity contribution in [2.75, 3.05) is 25.4 Å². The van der Waals surface area contributed by atoms with Crippen LogP contribution >= 0.6 is 23.4 Å². The SMILES string of the molecule is O=C(NCCSc1ccccc1)[C@H]1CCCN(S(=O)(=O)c2ccc(Cl)cc2)C1. The molecular weight excluding hydrogens is 416 g/mol. The van der Waals surface area contributed by atoms with Gasteiger partial charge in [-0.25, -0.2) is 8.42 Å². The van der Waals surface area contributed by atoms with E-state index in [0.29, 0.717) is 31.0 Å². The molecule has 0 unspecified atom stereocenters. The highest BCUT2D eigenvalue weighted by molar-refractivity contribution is 7.99. The lowest BCUT2D eigenvalue weighted by atomic mass is 9.99. The van der Waals surface area contributed by atoms with Crippen LogP contribution in [0.15, 0.2) is 64.4 Å². The second-order valence-corrected chi connectivity index (χ2v) is 10.2. The van der Waals surface area contributed by atoms with Gasteiger partial charge in [0.05, 0.1) is 10.8 Å². The number of sulfonamides is 1. The van der Waals surface area contributed by atoms with Crippen molar-refractivity contribution in [3.63, 3.8) is 0 Å². The highest BCUT2D eigenvalue weighted by Gasteiger charge is 2.33. The first-order valence-electron chi connectivity index (χ1n) is 9.18. The first-order valence-corrected chi connectivity index (χ1v) is 12.0. The van der Waals surface area contributed by atoms with Gasteiger partial charge in [0.1, 0.15) is 0 Å².